The number of hydrogen-bond donors (Lipinski definition) is 1. The highest BCUT2D eigenvalue weighted by Crippen LogP contribution is 2.37. The quantitative estimate of drug-likeness (QED) is 0.455. The van der Waals surface area contributed by atoms with Gasteiger partial charge >= 0.3 is 12.4 Å². The molecule has 0 aliphatic carbocycles. The molecule has 0 spiro atoms. The minimum absolute atomic E-state index is 0.0366. The van der Waals surface area contributed by atoms with E-state index in [0.717, 1.165) is 24.3 Å². The topological polar surface area (TPSA) is 89.3 Å². The molecule has 0 saturated heterocycles. The van der Waals surface area contributed by atoms with Crippen LogP contribution in [0.1, 0.15) is 11.1 Å². The number of alkyl halides is 6. The Balaban J connectivity index is 2.55. The summed E-state index contributed by atoms with van der Waals surface area (Å²) in [7, 11) is -4.89. The second-order valence-electron chi connectivity index (χ2n) is 5.15. The van der Waals surface area contributed by atoms with Crippen LogP contribution in [-0.2, 0) is 22.4 Å². The van der Waals surface area contributed by atoms with Crippen LogP contribution in [0.2, 0.25) is 0 Å². The molecule has 13 heteroatoms. The summed E-state index contributed by atoms with van der Waals surface area (Å²) in [5, 5.41) is 10.7. The van der Waals surface area contributed by atoms with Gasteiger partial charge in [0.25, 0.3) is 15.7 Å². The van der Waals surface area contributed by atoms with Gasteiger partial charge in [-0.1, -0.05) is 6.07 Å². The van der Waals surface area contributed by atoms with Crippen LogP contribution >= 0.6 is 0 Å². The summed E-state index contributed by atoms with van der Waals surface area (Å²) < 4.78 is 103. The molecule has 0 aromatic heterocycles. The van der Waals surface area contributed by atoms with Crippen molar-refractivity contribution in [1.29, 1.82) is 0 Å². The molecule has 0 saturated carbocycles. The predicted molar refractivity (Wildman–Crippen MR) is 80.4 cm³/mol. The lowest BCUT2D eigenvalue weighted by Crippen LogP contribution is -2.17. The SMILES string of the molecule is O=[N+]([O-])c1cccc(NS(=O)(=O)c2cc(C(F)(F)F)cc(C(F)(F)F)c2)c1. The van der Waals surface area contributed by atoms with Crippen molar-refractivity contribution in [2.24, 2.45) is 0 Å². The van der Waals surface area contributed by atoms with E-state index in [1.54, 1.807) is 4.72 Å². The van der Waals surface area contributed by atoms with E-state index in [4.69, 9.17) is 0 Å². The minimum Gasteiger partial charge on any atom is -0.279 e. The first-order chi connectivity index (χ1) is 12.2. The van der Waals surface area contributed by atoms with Gasteiger partial charge < -0.3 is 0 Å². The van der Waals surface area contributed by atoms with Gasteiger partial charge in [0.05, 0.1) is 26.6 Å². The van der Waals surface area contributed by atoms with Crippen molar-refractivity contribution in [1.82, 2.24) is 0 Å². The van der Waals surface area contributed by atoms with Gasteiger partial charge in [-0.3, -0.25) is 14.8 Å². The van der Waals surface area contributed by atoms with Crippen LogP contribution < -0.4 is 4.72 Å². The summed E-state index contributed by atoms with van der Waals surface area (Å²) in [6, 6.07) is 3.77. The van der Waals surface area contributed by atoms with E-state index in [9.17, 15) is 44.9 Å². The molecule has 0 aliphatic heterocycles. The smallest absolute Gasteiger partial charge is 0.279 e. The first-order valence-corrected chi connectivity index (χ1v) is 8.25. The average molecular weight is 414 g/mol. The summed E-state index contributed by atoms with van der Waals surface area (Å²) in [5.41, 5.74) is -4.56. The summed E-state index contributed by atoms with van der Waals surface area (Å²) in [5.74, 6) is 0. The Labute approximate surface area is 147 Å². The van der Waals surface area contributed by atoms with Crippen LogP contribution in [0.5, 0.6) is 0 Å². The predicted octanol–water partition coefficient (Wildman–Crippen LogP) is 4.43. The van der Waals surface area contributed by atoms with E-state index in [-0.39, 0.29) is 18.2 Å². The minimum atomic E-state index is -5.23. The lowest BCUT2D eigenvalue weighted by Gasteiger charge is -2.15. The summed E-state index contributed by atoms with van der Waals surface area (Å²) in [4.78, 5) is 8.52. The summed E-state index contributed by atoms with van der Waals surface area (Å²) in [6.07, 6.45) is -10.5. The first-order valence-electron chi connectivity index (χ1n) is 6.77. The molecular formula is C14H8F6N2O4S. The molecule has 0 aliphatic rings. The molecule has 0 unspecified atom stereocenters. The van der Waals surface area contributed by atoms with Crippen molar-refractivity contribution < 1.29 is 39.7 Å². The highest BCUT2D eigenvalue weighted by molar-refractivity contribution is 7.92. The van der Waals surface area contributed by atoms with Gasteiger partial charge in [0.15, 0.2) is 0 Å². The van der Waals surface area contributed by atoms with Gasteiger partial charge in [-0.15, -0.1) is 0 Å². The van der Waals surface area contributed by atoms with E-state index >= 15 is 0 Å². The van der Waals surface area contributed by atoms with Crippen LogP contribution in [0, 0.1) is 10.1 Å². The van der Waals surface area contributed by atoms with Crippen LogP contribution in [-0.4, -0.2) is 13.3 Å². The molecule has 2 aromatic carbocycles. The number of non-ortho nitro benzene ring substituents is 1. The van der Waals surface area contributed by atoms with Crippen LogP contribution in [0.25, 0.3) is 0 Å². The molecule has 1 N–H and O–H groups in total. The van der Waals surface area contributed by atoms with E-state index in [2.05, 4.69) is 0 Å². The molecule has 0 heterocycles. The largest absolute Gasteiger partial charge is 0.416 e. The van der Waals surface area contributed by atoms with Crippen molar-refractivity contribution in [3.63, 3.8) is 0 Å². The zero-order valence-electron chi connectivity index (χ0n) is 12.8. The number of halogens is 6. The maximum atomic E-state index is 12.8. The Kier molecular flexibility index (Phi) is 5.10. The fraction of sp³-hybridized carbons (Fsp3) is 0.143. The van der Waals surface area contributed by atoms with E-state index in [0.29, 0.717) is 0 Å². The molecule has 6 nitrogen and oxygen atoms in total. The first kappa shape index (κ1) is 20.5. The van der Waals surface area contributed by atoms with Crippen molar-refractivity contribution in [3.8, 4) is 0 Å². The Bertz CT molecular complexity index is 954. The number of nitro benzene ring substituents is 1. The third-order valence-electron chi connectivity index (χ3n) is 3.18. The van der Waals surface area contributed by atoms with Gasteiger partial charge in [-0.05, 0) is 24.3 Å². The fourth-order valence-electron chi connectivity index (χ4n) is 1.98. The van der Waals surface area contributed by atoms with Gasteiger partial charge in [-0.2, -0.15) is 26.3 Å². The molecule has 0 atom stereocenters. The normalized spacial score (nSPS) is 12.7. The van der Waals surface area contributed by atoms with E-state index < -0.39 is 54.7 Å². The van der Waals surface area contributed by atoms with Crippen molar-refractivity contribution >= 4 is 21.4 Å². The number of nitrogens with zero attached hydrogens (tertiary/aromatic N) is 1. The van der Waals surface area contributed by atoms with Gasteiger partial charge in [0.2, 0.25) is 0 Å². The van der Waals surface area contributed by atoms with Crippen molar-refractivity contribution in [3.05, 3.63) is 63.7 Å². The summed E-state index contributed by atoms with van der Waals surface area (Å²) >= 11 is 0. The highest BCUT2D eigenvalue weighted by Gasteiger charge is 2.38. The number of rotatable bonds is 4. The standard InChI is InChI=1S/C14H8F6N2O4S/c15-13(16,17)8-4-9(14(18,19)20)6-12(5-8)27(25,26)21-10-2-1-3-11(7-10)22(23)24/h1-7,21H. The second-order valence-corrected chi connectivity index (χ2v) is 6.84. The Morgan fingerprint density at radius 3 is 1.85 bits per heavy atom. The molecule has 146 valence electrons. The Morgan fingerprint density at radius 2 is 1.41 bits per heavy atom. The fourth-order valence-corrected chi connectivity index (χ4v) is 3.10. The number of hydrogen-bond acceptors (Lipinski definition) is 4. The zero-order chi connectivity index (χ0) is 20.6. The third-order valence-corrected chi connectivity index (χ3v) is 4.54. The molecule has 0 amide bonds. The number of anilines is 1. The number of sulfonamides is 1. The maximum Gasteiger partial charge on any atom is 0.416 e. The second kappa shape index (κ2) is 6.72. The van der Waals surface area contributed by atoms with E-state index in [1.807, 2.05) is 0 Å². The Morgan fingerprint density at radius 1 is 0.889 bits per heavy atom. The number of nitrogens with one attached hydrogen (secondary N) is 1. The highest BCUT2D eigenvalue weighted by atomic mass is 32.2. The molecule has 2 aromatic rings. The molecule has 0 fully saturated rings. The monoisotopic (exact) mass is 414 g/mol. The van der Waals surface area contributed by atoms with Crippen LogP contribution in [0.15, 0.2) is 47.4 Å². The molecule has 2 rings (SSSR count). The van der Waals surface area contributed by atoms with Gasteiger partial charge in [0.1, 0.15) is 0 Å². The van der Waals surface area contributed by atoms with E-state index in [1.165, 1.54) is 0 Å². The average Bonchev–Trinajstić information content (AvgIpc) is 2.52. The van der Waals surface area contributed by atoms with Crippen molar-refractivity contribution in [2.75, 3.05) is 4.72 Å². The molecule has 27 heavy (non-hydrogen) atoms. The van der Waals surface area contributed by atoms with Crippen LogP contribution in [0.4, 0.5) is 37.7 Å². The van der Waals surface area contributed by atoms with Crippen molar-refractivity contribution in [2.45, 2.75) is 17.2 Å². The summed E-state index contributed by atoms with van der Waals surface area (Å²) in [6.45, 7) is 0. The maximum absolute atomic E-state index is 12.8. The van der Waals surface area contributed by atoms with Gasteiger partial charge in [0, 0.05) is 12.1 Å². The Hall–Kier alpha value is -2.83. The molecule has 0 radical (unpaired) electrons. The number of benzene rings is 2. The number of nitro groups is 1. The zero-order valence-corrected chi connectivity index (χ0v) is 13.6. The lowest BCUT2D eigenvalue weighted by atomic mass is 10.1. The molecule has 0 bridgehead atoms. The molecular weight excluding hydrogens is 406 g/mol. The van der Waals surface area contributed by atoms with Crippen LogP contribution in [0.3, 0.4) is 0 Å². The third kappa shape index (κ3) is 4.87. The van der Waals surface area contributed by atoms with Gasteiger partial charge in [-0.25, -0.2) is 8.42 Å². The lowest BCUT2D eigenvalue weighted by molar-refractivity contribution is -0.384.